The van der Waals surface area contributed by atoms with Crippen molar-refractivity contribution in [1.29, 1.82) is 0 Å². The van der Waals surface area contributed by atoms with Gasteiger partial charge in [0.05, 0.1) is 30.0 Å². The molecule has 1 heterocycles. The molecule has 2 aliphatic rings. The van der Waals surface area contributed by atoms with Crippen molar-refractivity contribution >= 4 is 23.5 Å². The first-order valence-corrected chi connectivity index (χ1v) is 6.26. The Balaban J connectivity index is 1.81. The zero-order chi connectivity index (χ0) is 13.6. The minimum Gasteiger partial charge on any atom is -0.466 e. The van der Waals surface area contributed by atoms with Gasteiger partial charge < -0.3 is 4.74 Å². The molecule has 1 aromatic carbocycles. The number of fused-ring (bicyclic) bond motifs is 1. The number of esters is 1. The fraction of sp³-hybridized carbons (Fsp3) is 0.357. The lowest BCUT2D eigenvalue weighted by molar-refractivity contribution is -0.147. The topological polar surface area (TPSA) is 63.7 Å². The highest BCUT2D eigenvalue weighted by Crippen LogP contribution is 2.54. The number of carbonyl (C=O) groups excluding carboxylic acids is 3. The molecule has 0 aromatic heterocycles. The molecule has 5 heteroatoms. The SMILES string of the molecule is CCOC(=O)C1[C@H]2C(=O)N(c3ccccc3)C(=O)[C@H]12. The molecule has 0 radical (unpaired) electrons. The Morgan fingerprint density at radius 1 is 1.16 bits per heavy atom. The number of anilines is 1. The Bertz CT molecular complexity index is 532. The average Bonchev–Trinajstić information content (AvgIpc) is 3.10. The van der Waals surface area contributed by atoms with Gasteiger partial charge in [0.2, 0.25) is 11.8 Å². The number of para-hydroxylation sites is 1. The molecular formula is C14H13NO4. The van der Waals surface area contributed by atoms with Crippen LogP contribution in [0.3, 0.4) is 0 Å². The van der Waals surface area contributed by atoms with E-state index in [0.29, 0.717) is 5.69 Å². The van der Waals surface area contributed by atoms with Gasteiger partial charge in [0, 0.05) is 0 Å². The number of amides is 2. The molecule has 0 unspecified atom stereocenters. The quantitative estimate of drug-likeness (QED) is 0.599. The standard InChI is InChI=1S/C14H13NO4/c1-2-19-14(18)11-9-10(11)13(17)15(12(9)16)8-6-4-3-5-7-8/h3-7,9-11H,2H2,1H3/t9-,10-/m0/s1. The first-order chi connectivity index (χ1) is 9.16. The maximum absolute atomic E-state index is 12.2. The normalized spacial score (nSPS) is 28.3. The Kier molecular flexibility index (Phi) is 2.62. The van der Waals surface area contributed by atoms with Crippen LogP contribution in [0.2, 0.25) is 0 Å². The second kappa shape index (κ2) is 4.19. The number of rotatable bonds is 3. The molecule has 19 heavy (non-hydrogen) atoms. The zero-order valence-electron chi connectivity index (χ0n) is 10.4. The molecule has 2 fully saturated rings. The van der Waals surface area contributed by atoms with Gasteiger partial charge in [-0.25, -0.2) is 0 Å². The van der Waals surface area contributed by atoms with Crippen LogP contribution in [-0.2, 0) is 19.1 Å². The van der Waals surface area contributed by atoms with E-state index in [1.165, 1.54) is 4.90 Å². The van der Waals surface area contributed by atoms with Crippen molar-refractivity contribution in [2.75, 3.05) is 11.5 Å². The maximum atomic E-state index is 12.2. The molecule has 98 valence electrons. The summed E-state index contributed by atoms with van der Waals surface area (Å²) in [6.07, 6.45) is 0. The number of nitrogens with zero attached hydrogens (tertiary/aromatic N) is 1. The number of carbonyl (C=O) groups is 3. The summed E-state index contributed by atoms with van der Waals surface area (Å²) in [4.78, 5) is 37.1. The van der Waals surface area contributed by atoms with E-state index < -0.39 is 23.7 Å². The fourth-order valence-corrected chi connectivity index (χ4v) is 2.70. The molecule has 3 rings (SSSR count). The van der Waals surface area contributed by atoms with Gasteiger partial charge in [-0.15, -0.1) is 0 Å². The molecule has 1 saturated heterocycles. The number of benzene rings is 1. The van der Waals surface area contributed by atoms with Crippen molar-refractivity contribution in [3.8, 4) is 0 Å². The number of hydrogen-bond donors (Lipinski definition) is 0. The summed E-state index contributed by atoms with van der Waals surface area (Å²) in [6.45, 7) is 1.97. The molecule has 5 nitrogen and oxygen atoms in total. The van der Waals surface area contributed by atoms with Crippen LogP contribution in [0, 0.1) is 17.8 Å². The van der Waals surface area contributed by atoms with Crippen molar-refractivity contribution in [3.63, 3.8) is 0 Å². The van der Waals surface area contributed by atoms with E-state index in [1.807, 2.05) is 6.07 Å². The van der Waals surface area contributed by atoms with Crippen LogP contribution in [0.25, 0.3) is 0 Å². The van der Waals surface area contributed by atoms with Crippen LogP contribution in [-0.4, -0.2) is 24.4 Å². The van der Waals surface area contributed by atoms with Gasteiger partial charge in [0.25, 0.3) is 0 Å². The van der Waals surface area contributed by atoms with E-state index >= 15 is 0 Å². The predicted molar refractivity (Wildman–Crippen MR) is 66.0 cm³/mol. The van der Waals surface area contributed by atoms with E-state index in [1.54, 1.807) is 31.2 Å². The van der Waals surface area contributed by atoms with Crippen LogP contribution in [0.15, 0.2) is 30.3 Å². The van der Waals surface area contributed by atoms with E-state index in [2.05, 4.69) is 0 Å². The summed E-state index contributed by atoms with van der Waals surface area (Å²) in [5.74, 6) is -2.64. The summed E-state index contributed by atoms with van der Waals surface area (Å²) in [5, 5.41) is 0. The van der Waals surface area contributed by atoms with Crippen molar-refractivity contribution in [1.82, 2.24) is 0 Å². The number of hydrogen-bond acceptors (Lipinski definition) is 4. The van der Waals surface area contributed by atoms with Crippen molar-refractivity contribution in [3.05, 3.63) is 30.3 Å². The molecule has 1 aromatic rings. The van der Waals surface area contributed by atoms with E-state index in [4.69, 9.17) is 4.74 Å². The van der Waals surface area contributed by atoms with Crippen LogP contribution in [0.4, 0.5) is 5.69 Å². The monoisotopic (exact) mass is 259 g/mol. The molecule has 0 spiro atoms. The number of ether oxygens (including phenoxy) is 1. The molecule has 2 atom stereocenters. The predicted octanol–water partition coefficient (Wildman–Crippen LogP) is 0.985. The third-order valence-electron chi connectivity index (χ3n) is 3.60. The highest BCUT2D eigenvalue weighted by Gasteiger charge is 2.71. The Morgan fingerprint density at radius 2 is 1.74 bits per heavy atom. The van der Waals surface area contributed by atoms with Gasteiger partial charge in [-0.2, -0.15) is 0 Å². The summed E-state index contributed by atoms with van der Waals surface area (Å²) >= 11 is 0. The molecule has 2 amide bonds. The lowest BCUT2D eigenvalue weighted by atomic mass is 10.2. The third kappa shape index (κ3) is 1.65. The van der Waals surface area contributed by atoms with Gasteiger partial charge in [0.15, 0.2) is 0 Å². The Labute approximate surface area is 110 Å². The number of piperidine rings is 1. The van der Waals surface area contributed by atoms with Crippen LogP contribution in [0.5, 0.6) is 0 Å². The summed E-state index contributed by atoms with van der Waals surface area (Å²) in [6, 6.07) is 8.77. The van der Waals surface area contributed by atoms with Crippen molar-refractivity contribution < 1.29 is 19.1 Å². The maximum Gasteiger partial charge on any atom is 0.310 e. The van der Waals surface area contributed by atoms with Gasteiger partial charge in [-0.05, 0) is 19.1 Å². The largest absolute Gasteiger partial charge is 0.466 e. The highest BCUT2D eigenvalue weighted by atomic mass is 16.5. The molecule has 1 aliphatic carbocycles. The van der Waals surface area contributed by atoms with E-state index in [9.17, 15) is 14.4 Å². The van der Waals surface area contributed by atoms with Gasteiger partial charge in [-0.3, -0.25) is 19.3 Å². The molecule has 0 N–H and O–H groups in total. The molecule has 1 aliphatic heterocycles. The van der Waals surface area contributed by atoms with Gasteiger partial charge in [0.1, 0.15) is 0 Å². The fourth-order valence-electron chi connectivity index (χ4n) is 2.70. The summed E-state index contributed by atoms with van der Waals surface area (Å²) in [7, 11) is 0. The number of imide groups is 1. The summed E-state index contributed by atoms with van der Waals surface area (Å²) < 4.78 is 4.88. The first kappa shape index (κ1) is 11.9. The Morgan fingerprint density at radius 3 is 2.26 bits per heavy atom. The Hall–Kier alpha value is -2.17. The molecular weight excluding hydrogens is 246 g/mol. The minimum atomic E-state index is -0.570. The van der Waals surface area contributed by atoms with Gasteiger partial charge in [-0.1, -0.05) is 18.2 Å². The minimum absolute atomic E-state index is 0.263. The second-order valence-electron chi connectivity index (χ2n) is 4.68. The molecule has 0 bridgehead atoms. The smallest absolute Gasteiger partial charge is 0.310 e. The zero-order valence-corrected chi connectivity index (χ0v) is 10.4. The van der Waals surface area contributed by atoms with Crippen LogP contribution >= 0.6 is 0 Å². The van der Waals surface area contributed by atoms with E-state index in [-0.39, 0.29) is 18.4 Å². The lowest BCUT2D eigenvalue weighted by Gasteiger charge is -2.17. The van der Waals surface area contributed by atoms with E-state index in [0.717, 1.165) is 0 Å². The molecule has 1 saturated carbocycles. The average molecular weight is 259 g/mol. The van der Waals surface area contributed by atoms with Crippen LogP contribution < -0.4 is 4.90 Å². The lowest BCUT2D eigenvalue weighted by Crippen LogP contribution is -2.36. The third-order valence-corrected chi connectivity index (χ3v) is 3.60. The highest BCUT2D eigenvalue weighted by molar-refractivity contribution is 6.27. The van der Waals surface area contributed by atoms with Crippen molar-refractivity contribution in [2.45, 2.75) is 6.92 Å². The summed E-state index contributed by atoms with van der Waals surface area (Å²) in [5.41, 5.74) is 0.562. The van der Waals surface area contributed by atoms with Crippen molar-refractivity contribution in [2.24, 2.45) is 17.8 Å². The first-order valence-electron chi connectivity index (χ1n) is 6.26. The second-order valence-corrected chi connectivity index (χ2v) is 4.68. The van der Waals surface area contributed by atoms with Gasteiger partial charge >= 0.3 is 5.97 Å². The van der Waals surface area contributed by atoms with Crippen LogP contribution in [0.1, 0.15) is 6.92 Å².